The van der Waals surface area contributed by atoms with Crippen molar-refractivity contribution in [2.24, 2.45) is 0 Å². The largest absolute Gasteiger partial charge is 0.486 e. The summed E-state index contributed by atoms with van der Waals surface area (Å²) in [4.78, 5) is 28.8. The molecule has 0 radical (unpaired) electrons. The number of aromatic nitrogens is 5. The quantitative estimate of drug-likeness (QED) is 0.328. The van der Waals surface area contributed by atoms with Crippen molar-refractivity contribution in [2.45, 2.75) is 44.2 Å². The van der Waals surface area contributed by atoms with E-state index < -0.39 is 0 Å². The van der Waals surface area contributed by atoms with E-state index >= 15 is 0 Å². The summed E-state index contributed by atoms with van der Waals surface area (Å²) in [5, 5.41) is 9.80. The Morgan fingerprint density at radius 3 is 2.67 bits per heavy atom. The number of carbonyl (C=O) groups is 1. The third kappa shape index (κ3) is 4.00. The van der Waals surface area contributed by atoms with Gasteiger partial charge in [-0.05, 0) is 68.7 Å². The number of pyridine rings is 2. The highest BCUT2D eigenvalue weighted by Gasteiger charge is 2.45. The number of carbonyl (C=O) groups excluding carboxylic acids is 1. The van der Waals surface area contributed by atoms with Gasteiger partial charge < -0.3 is 19.5 Å². The summed E-state index contributed by atoms with van der Waals surface area (Å²) < 4.78 is 6.37. The molecule has 9 heteroatoms. The molecule has 1 unspecified atom stereocenters. The smallest absolute Gasteiger partial charge is 0.222 e. The van der Waals surface area contributed by atoms with Gasteiger partial charge in [-0.15, -0.1) is 0 Å². The Kier molecular flexibility index (Phi) is 5.54. The van der Waals surface area contributed by atoms with Gasteiger partial charge in [-0.1, -0.05) is 0 Å². The Hall–Kier alpha value is -4.40. The van der Waals surface area contributed by atoms with E-state index in [4.69, 9.17) is 9.72 Å². The summed E-state index contributed by atoms with van der Waals surface area (Å²) in [7, 11) is 1.96. The average molecular weight is 522 g/mol. The van der Waals surface area contributed by atoms with Crippen molar-refractivity contribution in [1.82, 2.24) is 30.0 Å². The summed E-state index contributed by atoms with van der Waals surface area (Å²) in [5.74, 6) is 2.02. The number of amides is 1. The fraction of sp³-hybridized carbons (Fsp3) is 0.333. The molecule has 2 aliphatic rings. The lowest BCUT2D eigenvalue weighted by atomic mass is 9.85. The highest BCUT2D eigenvalue weighted by Crippen LogP contribution is 2.39. The number of rotatable bonds is 5. The summed E-state index contributed by atoms with van der Waals surface area (Å²) in [6, 6.07) is 14.2. The highest BCUT2D eigenvalue weighted by atomic mass is 16.5. The van der Waals surface area contributed by atoms with E-state index in [-0.39, 0.29) is 17.6 Å². The van der Waals surface area contributed by atoms with Crippen LogP contribution < -0.4 is 9.64 Å². The number of aromatic amines is 2. The van der Waals surface area contributed by atoms with Crippen molar-refractivity contribution in [3.05, 3.63) is 66.6 Å². The standard InChI is InChI=1S/C30H31N7O2/c1-19(22-8-13-31-29-23(22)9-14-32-29)39-21-4-5-25-24(17-21)28(35-34-25)20-3-6-26(33-18-20)37-15-11-30(12-16-37)10-7-27(38)36(30)2/h3-6,8-9,13-14,17-19H,7,10-12,15-16H2,1-2H3,(H,31,32)(H,34,35). The first-order valence-corrected chi connectivity index (χ1v) is 13.6. The van der Waals surface area contributed by atoms with E-state index in [9.17, 15) is 4.79 Å². The predicted molar refractivity (Wildman–Crippen MR) is 151 cm³/mol. The van der Waals surface area contributed by atoms with Crippen molar-refractivity contribution >= 4 is 33.7 Å². The fourth-order valence-electron chi connectivity index (χ4n) is 6.28. The first kappa shape index (κ1) is 23.7. The van der Waals surface area contributed by atoms with Crippen molar-refractivity contribution in [3.8, 4) is 17.0 Å². The number of benzene rings is 1. The molecule has 7 rings (SSSR count). The molecule has 1 amide bonds. The van der Waals surface area contributed by atoms with Crippen molar-refractivity contribution in [2.75, 3.05) is 25.0 Å². The first-order valence-electron chi connectivity index (χ1n) is 13.6. The number of nitrogens with zero attached hydrogens (tertiary/aromatic N) is 5. The highest BCUT2D eigenvalue weighted by molar-refractivity contribution is 5.93. The zero-order valence-electron chi connectivity index (χ0n) is 22.1. The van der Waals surface area contributed by atoms with Gasteiger partial charge in [0.05, 0.1) is 5.52 Å². The van der Waals surface area contributed by atoms with Crippen molar-refractivity contribution in [3.63, 3.8) is 0 Å². The normalized spacial score (nSPS) is 17.9. The molecule has 6 heterocycles. The minimum atomic E-state index is -0.147. The van der Waals surface area contributed by atoms with Gasteiger partial charge in [-0.25, -0.2) is 9.97 Å². The van der Waals surface area contributed by atoms with Crippen LogP contribution in [0.3, 0.4) is 0 Å². The van der Waals surface area contributed by atoms with E-state index in [2.05, 4.69) is 44.1 Å². The van der Waals surface area contributed by atoms with Gasteiger partial charge in [0.1, 0.15) is 29.0 Å². The Bertz CT molecular complexity index is 1660. The molecule has 39 heavy (non-hydrogen) atoms. The number of hydrogen-bond donors (Lipinski definition) is 2. The summed E-state index contributed by atoms with van der Waals surface area (Å²) in [6.45, 7) is 3.86. The molecule has 9 nitrogen and oxygen atoms in total. The number of anilines is 1. The van der Waals surface area contributed by atoms with Gasteiger partial charge in [0.15, 0.2) is 0 Å². The van der Waals surface area contributed by atoms with Crippen LogP contribution in [0.1, 0.15) is 44.3 Å². The second kappa shape index (κ2) is 9.11. The number of piperidine rings is 1. The number of H-pyrrole nitrogens is 2. The molecule has 5 aromatic rings. The van der Waals surface area contributed by atoms with Gasteiger partial charge in [0.25, 0.3) is 0 Å². The Labute approximate surface area is 226 Å². The number of likely N-dealkylation sites (tertiary alicyclic amines) is 1. The third-order valence-corrected chi connectivity index (χ3v) is 8.71. The third-order valence-electron chi connectivity index (χ3n) is 8.71. The Balaban J connectivity index is 1.09. The average Bonchev–Trinajstić information content (AvgIpc) is 3.68. The molecule has 0 aliphatic carbocycles. The minimum Gasteiger partial charge on any atom is -0.486 e. The van der Waals surface area contributed by atoms with Crippen LogP contribution in [0, 0.1) is 0 Å². The lowest BCUT2D eigenvalue weighted by Gasteiger charge is -2.43. The van der Waals surface area contributed by atoms with Crippen LogP contribution in [0.25, 0.3) is 33.2 Å². The van der Waals surface area contributed by atoms with Gasteiger partial charge in [-0.3, -0.25) is 9.89 Å². The van der Waals surface area contributed by atoms with E-state index in [1.807, 2.05) is 54.7 Å². The molecule has 2 saturated heterocycles. The Morgan fingerprint density at radius 2 is 1.90 bits per heavy atom. The van der Waals surface area contributed by atoms with Crippen LogP contribution in [-0.2, 0) is 4.79 Å². The summed E-state index contributed by atoms with van der Waals surface area (Å²) >= 11 is 0. The maximum absolute atomic E-state index is 12.1. The van der Waals surface area contributed by atoms with Crippen LogP contribution in [0.5, 0.6) is 5.75 Å². The lowest BCUT2D eigenvalue weighted by molar-refractivity contribution is -0.130. The molecular weight excluding hydrogens is 490 g/mol. The van der Waals surface area contributed by atoms with Crippen LogP contribution in [0.2, 0.25) is 0 Å². The van der Waals surface area contributed by atoms with E-state index in [1.54, 1.807) is 6.20 Å². The Morgan fingerprint density at radius 1 is 1.03 bits per heavy atom. The van der Waals surface area contributed by atoms with Crippen LogP contribution in [0.4, 0.5) is 5.82 Å². The molecule has 2 fully saturated rings. The molecule has 2 aliphatic heterocycles. The number of hydrogen-bond acceptors (Lipinski definition) is 6. The van der Waals surface area contributed by atoms with E-state index in [1.165, 1.54) is 0 Å². The predicted octanol–water partition coefficient (Wildman–Crippen LogP) is 5.23. The second-order valence-electron chi connectivity index (χ2n) is 10.7. The maximum atomic E-state index is 12.1. The molecule has 1 atom stereocenters. The molecule has 2 N–H and O–H groups in total. The van der Waals surface area contributed by atoms with Crippen molar-refractivity contribution in [1.29, 1.82) is 0 Å². The van der Waals surface area contributed by atoms with Crippen LogP contribution in [-0.4, -0.2) is 61.6 Å². The number of fused-ring (bicyclic) bond motifs is 2. The molecule has 1 spiro atoms. The van der Waals surface area contributed by atoms with Gasteiger partial charge in [0, 0.05) is 72.6 Å². The van der Waals surface area contributed by atoms with E-state index in [0.717, 1.165) is 82.7 Å². The monoisotopic (exact) mass is 521 g/mol. The minimum absolute atomic E-state index is 0.0315. The topological polar surface area (TPSA) is 103 Å². The maximum Gasteiger partial charge on any atom is 0.222 e. The van der Waals surface area contributed by atoms with Crippen molar-refractivity contribution < 1.29 is 9.53 Å². The van der Waals surface area contributed by atoms with Crippen LogP contribution >= 0.6 is 0 Å². The SMILES string of the molecule is CC(Oc1ccc2[nH]nc(-c3ccc(N4CCC5(CCC(=O)N5C)CC4)nc3)c2c1)c1ccnc2[nH]ccc12. The molecular formula is C30H31N7O2. The molecule has 4 aromatic heterocycles. The second-order valence-corrected chi connectivity index (χ2v) is 10.7. The molecule has 1 aromatic carbocycles. The summed E-state index contributed by atoms with van der Waals surface area (Å²) in [5.41, 5.74) is 4.72. The first-order chi connectivity index (χ1) is 19.0. The van der Waals surface area contributed by atoms with Gasteiger partial charge in [-0.2, -0.15) is 5.10 Å². The molecule has 0 saturated carbocycles. The fourth-order valence-corrected chi connectivity index (χ4v) is 6.28. The molecule has 0 bridgehead atoms. The molecule has 198 valence electrons. The van der Waals surface area contributed by atoms with Crippen LogP contribution in [0.15, 0.2) is 61.1 Å². The number of ether oxygens (including phenoxy) is 1. The lowest BCUT2D eigenvalue weighted by Crippen LogP contribution is -2.51. The zero-order chi connectivity index (χ0) is 26.6. The summed E-state index contributed by atoms with van der Waals surface area (Å²) in [6.07, 6.45) is 9.07. The van der Waals surface area contributed by atoms with E-state index in [0.29, 0.717) is 6.42 Å². The van der Waals surface area contributed by atoms with Gasteiger partial charge >= 0.3 is 0 Å². The zero-order valence-corrected chi connectivity index (χ0v) is 22.1. The van der Waals surface area contributed by atoms with Gasteiger partial charge in [0.2, 0.25) is 5.91 Å². The number of nitrogens with one attached hydrogen (secondary N) is 2.